The van der Waals surface area contributed by atoms with Crippen molar-refractivity contribution in [1.82, 2.24) is 0 Å². The number of hydrogen-bond acceptors (Lipinski definition) is 5. The van der Waals surface area contributed by atoms with Crippen molar-refractivity contribution in [3.8, 4) is 11.1 Å². The van der Waals surface area contributed by atoms with Gasteiger partial charge in [-0.15, -0.1) is 0 Å². The van der Waals surface area contributed by atoms with E-state index in [1.165, 1.54) is 0 Å². The fourth-order valence-corrected chi connectivity index (χ4v) is 3.28. The molecule has 0 aliphatic carbocycles. The van der Waals surface area contributed by atoms with Crippen LogP contribution in [0.2, 0.25) is 0 Å². The quantitative estimate of drug-likeness (QED) is 0.634. The predicted molar refractivity (Wildman–Crippen MR) is 107 cm³/mol. The number of rotatable bonds is 5. The van der Waals surface area contributed by atoms with Gasteiger partial charge in [0, 0.05) is 18.0 Å². The fraction of sp³-hybridized carbons (Fsp3) is 0.409. The number of aliphatic hydroxyl groups excluding tert-OH is 3. The number of amides is 1. The van der Waals surface area contributed by atoms with Crippen molar-refractivity contribution in [1.29, 1.82) is 0 Å². The number of anilines is 1. The first-order valence-electron chi connectivity index (χ1n) is 9.52. The average Bonchev–Trinajstić information content (AvgIpc) is 2.70. The molecule has 0 spiro atoms. The molecule has 1 aliphatic rings. The standard InChI is InChI=1S/C22H27NO5/c1-13(2)22(27)23-17-8-6-14(7-9-17)15-4-3-5-16(10-15)21-20(26)19(25)11-18(12-24)28-21/h3-10,13,18-21,24-26H,11-12H2,1-2H3,(H,23,27)/t18?,19?,20?,21-/m1/s1. The van der Waals surface area contributed by atoms with Crippen LogP contribution in [0.4, 0.5) is 5.69 Å². The predicted octanol–water partition coefficient (Wildman–Crippen LogP) is 2.49. The molecule has 3 rings (SSSR count). The third-order valence-corrected chi connectivity index (χ3v) is 4.98. The minimum atomic E-state index is -1.05. The van der Waals surface area contributed by atoms with Crippen molar-refractivity contribution in [2.45, 2.75) is 44.7 Å². The summed E-state index contributed by atoms with van der Waals surface area (Å²) < 4.78 is 5.77. The fourth-order valence-electron chi connectivity index (χ4n) is 3.28. The first-order valence-corrected chi connectivity index (χ1v) is 9.52. The van der Waals surface area contributed by atoms with E-state index >= 15 is 0 Å². The van der Waals surface area contributed by atoms with E-state index < -0.39 is 24.4 Å². The molecule has 1 saturated heterocycles. The maximum Gasteiger partial charge on any atom is 0.226 e. The van der Waals surface area contributed by atoms with Crippen LogP contribution in [0, 0.1) is 5.92 Å². The summed E-state index contributed by atoms with van der Waals surface area (Å²) in [6, 6.07) is 15.1. The van der Waals surface area contributed by atoms with Crippen LogP contribution in [-0.2, 0) is 9.53 Å². The summed E-state index contributed by atoms with van der Waals surface area (Å²) in [7, 11) is 0. The molecule has 3 unspecified atom stereocenters. The molecule has 0 radical (unpaired) electrons. The van der Waals surface area contributed by atoms with Crippen LogP contribution in [0.5, 0.6) is 0 Å². The number of benzene rings is 2. The van der Waals surface area contributed by atoms with E-state index in [-0.39, 0.29) is 24.9 Å². The van der Waals surface area contributed by atoms with E-state index in [0.717, 1.165) is 22.4 Å². The second-order valence-corrected chi connectivity index (χ2v) is 7.50. The van der Waals surface area contributed by atoms with Crippen molar-refractivity contribution in [3.63, 3.8) is 0 Å². The van der Waals surface area contributed by atoms with Crippen LogP contribution in [0.25, 0.3) is 11.1 Å². The number of carbonyl (C=O) groups is 1. The van der Waals surface area contributed by atoms with Crippen molar-refractivity contribution in [2.75, 3.05) is 11.9 Å². The molecule has 1 amide bonds. The highest BCUT2D eigenvalue weighted by molar-refractivity contribution is 5.92. The Morgan fingerprint density at radius 2 is 1.86 bits per heavy atom. The Labute approximate surface area is 164 Å². The Bertz CT molecular complexity index is 805. The maximum absolute atomic E-state index is 11.8. The van der Waals surface area contributed by atoms with Gasteiger partial charge in [0.05, 0.1) is 18.8 Å². The number of aliphatic hydroxyl groups is 3. The topological polar surface area (TPSA) is 99.0 Å². The summed E-state index contributed by atoms with van der Waals surface area (Å²) in [6.07, 6.45) is -2.99. The summed E-state index contributed by atoms with van der Waals surface area (Å²) in [5, 5.41) is 32.6. The third-order valence-electron chi connectivity index (χ3n) is 4.98. The van der Waals surface area contributed by atoms with Gasteiger partial charge in [0.15, 0.2) is 0 Å². The highest BCUT2D eigenvalue weighted by Crippen LogP contribution is 2.34. The second kappa shape index (κ2) is 8.84. The normalized spacial score (nSPS) is 24.9. The molecule has 2 aromatic carbocycles. The second-order valence-electron chi connectivity index (χ2n) is 7.50. The van der Waals surface area contributed by atoms with E-state index in [1.54, 1.807) is 0 Å². The van der Waals surface area contributed by atoms with Crippen LogP contribution in [-0.4, -0.2) is 46.1 Å². The average molecular weight is 385 g/mol. The molecule has 150 valence electrons. The van der Waals surface area contributed by atoms with Gasteiger partial charge in [0.2, 0.25) is 5.91 Å². The van der Waals surface area contributed by atoms with Gasteiger partial charge >= 0.3 is 0 Å². The van der Waals surface area contributed by atoms with Gasteiger partial charge in [0.25, 0.3) is 0 Å². The first kappa shape index (κ1) is 20.5. The summed E-state index contributed by atoms with van der Waals surface area (Å²) in [5.41, 5.74) is 3.35. The van der Waals surface area contributed by atoms with Gasteiger partial charge in [-0.3, -0.25) is 4.79 Å². The Balaban J connectivity index is 1.80. The maximum atomic E-state index is 11.8. The smallest absolute Gasteiger partial charge is 0.226 e. The van der Waals surface area contributed by atoms with Crippen molar-refractivity contribution < 1.29 is 24.9 Å². The van der Waals surface area contributed by atoms with Gasteiger partial charge < -0.3 is 25.4 Å². The van der Waals surface area contributed by atoms with E-state index in [2.05, 4.69) is 5.32 Å². The highest BCUT2D eigenvalue weighted by atomic mass is 16.5. The molecular weight excluding hydrogens is 358 g/mol. The molecule has 6 nitrogen and oxygen atoms in total. The van der Waals surface area contributed by atoms with E-state index in [9.17, 15) is 20.1 Å². The molecule has 6 heteroatoms. The zero-order valence-corrected chi connectivity index (χ0v) is 16.1. The van der Waals surface area contributed by atoms with Crippen LogP contribution in [0.3, 0.4) is 0 Å². The molecular formula is C22H27NO5. The zero-order chi connectivity index (χ0) is 20.3. The van der Waals surface area contributed by atoms with Gasteiger partial charge in [-0.25, -0.2) is 0 Å². The van der Waals surface area contributed by atoms with Gasteiger partial charge in [0.1, 0.15) is 12.2 Å². The van der Waals surface area contributed by atoms with Crippen LogP contribution in [0.15, 0.2) is 48.5 Å². The van der Waals surface area contributed by atoms with Gasteiger partial charge in [-0.1, -0.05) is 44.2 Å². The van der Waals surface area contributed by atoms with Crippen LogP contribution in [0.1, 0.15) is 31.9 Å². The summed E-state index contributed by atoms with van der Waals surface area (Å²) >= 11 is 0. The number of carbonyl (C=O) groups excluding carboxylic acids is 1. The molecule has 4 atom stereocenters. The van der Waals surface area contributed by atoms with Gasteiger partial charge in [-0.05, 0) is 34.9 Å². The summed E-state index contributed by atoms with van der Waals surface area (Å²) in [6.45, 7) is 3.48. The zero-order valence-electron chi connectivity index (χ0n) is 16.1. The van der Waals surface area contributed by atoms with Crippen LogP contribution >= 0.6 is 0 Å². The van der Waals surface area contributed by atoms with E-state index in [4.69, 9.17) is 4.74 Å². The molecule has 2 aromatic rings. The lowest BCUT2D eigenvalue weighted by Crippen LogP contribution is -2.44. The molecule has 1 aliphatic heterocycles. The minimum Gasteiger partial charge on any atom is -0.394 e. The number of nitrogens with one attached hydrogen (secondary N) is 1. The Morgan fingerprint density at radius 1 is 1.14 bits per heavy atom. The molecule has 0 saturated carbocycles. The van der Waals surface area contributed by atoms with Gasteiger partial charge in [-0.2, -0.15) is 0 Å². The number of ether oxygens (including phenoxy) is 1. The van der Waals surface area contributed by atoms with E-state index in [1.807, 2.05) is 62.4 Å². The lowest BCUT2D eigenvalue weighted by molar-refractivity contribution is -0.179. The molecule has 1 fully saturated rings. The van der Waals surface area contributed by atoms with Crippen molar-refractivity contribution in [2.24, 2.45) is 5.92 Å². The minimum absolute atomic E-state index is 0.0322. The largest absolute Gasteiger partial charge is 0.394 e. The van der Waals surface area contributed by atoms with Crippen molar-refractivity contribution in [3.05, 3.63) is 54.1 Å². The molecule has 0 aromatic heterocycles. The summed E-state index contributed by atoms with van der Waals surface area (Å²) in [4.78, 5) is 11.8. The summed E-state index contributed by atoms with van der Waals surface area (Å²) in [5.74, 6) is -0.119. The SMILES string of the molecule is CC(C)C(=O)Nc1ccc(-c2cccc([C@H]3OC(CO)CC(O)C3O)c2)cc1. The van der Waals surface area contributed by atoms with Crippen LogP contribution < -0.4 is 5.32 Å². The Kier molecular flexibility index (Phi) is 6.46. The molecule has 0 bridgehead atoms. The molecule has 1 heterocycles. The Morgan fingerprint density at radius 3 is 2.50 bits per heavy atom. The molecule has 28 heavy (non-hydrogen) atoms. The molecule has 4 N–H and O–H groups in total. The number of hydrogen-bond donors (Lipinski definition) is 4. The highest BCUT2D eigenvalue weighted by Gasteiger charge is 2.37. The third kappa shape index (κ3) is 4.59. The first-order chi connectivity index (χ1) is 13.4. The lowest BCUT2D eigenvalue weighted by Gasteiger charge is -2.37. The Hall–Kier alpha value is -2.25. The van der Waals surface area contributed by atoms with E-state index in [0.29, 0.717) is 0 Å². The monoisotopic (exact) mass is 385 g/mol. The van der Waals surface area contributed by atoms with Crippen molar-refractivity contribution >= 4 is 11.6 Å². The lowest BCUT2D eigenvalue weighted by atomic mass is 9.91.